The van der Waals surface area contributed by atoms with Crippen LogP contribution in [0, 0.1) is 13.8 Å². The second-order valence-corrected chi connectivity index (χ2v) is 4.19. The van der Waals surface area contributed by atoms with Crippen LogP contribution in [0.3, 0.4) is 0 Å². The maximum atomic E-state index is 6.20. The average molecular weight is 244 g/mol. The first-order chi connectivity index (χ1) is 7.52. The molecule has 0 aromatic heterocycles. The van der Waals surface area contributed by atoms with Gasteiger partial charge < -0.3 is 15.2 Å². The van der Waals surface area contributed by atoms with Crippen LogP contribution in [0.4, 0.5) is 0 Å². The standard InChI is InChI=1S/C12H18ClNO2/c1-7-5-10(16-4)11(8(2)12(7)13)9(14)6-15-3/h5,9H,6,14H2,1-4H3. The highest BCUT2D eigenvalue weighted by Gasteiger charge is 2.18. The Morgan fingerprint density at radius 1 is 1.38 bits per heavy atom. The van der Waals surface area contributed by atoms with Gasteiger partial charge in [0.1, 0.15) is 5.75 Å². The van der Waals surface area contributed by atoms with Crippen molar-refractivity contribution in [3.05, 3.63) is 27.8 Å². The van der Waals surface area contributed by atoms with E-state index in [1.165, 1.54) is 0 Å². The average Bonchev–Trinajstić information content (AvgIpc) is 2.25. The summed E-state index contributed by atoms with van der Waals surface area (Å²) in [6.07, 6.45) is 0. The van der Waals surface area contributed by atoms with Crippen LogP contribution < -0.4 is 10.5 Å². The highest BCUT2D eigenvalue weighted by atomic mass is 35.5. The molecule has 1 unspecified atom stereocenters. The van der Waals surface area contributed by atoms with Gasteiger partial charge in [0.2, 0.25) is 0 Å². The van der Waals surface area contributed by atoms with Crippen molar-refractivity contribution in [1.29, 1.82) is 0 Å². The van der Waals surface area contributed by atoms with Crippen LogP contribution in [0.15, 0.2) is 6.07 Å². The Morgan fingerprint density at radius 3 is 2.50 bits per heavy atom. The molecule has 0 saturated heterocycles. The molecule has 1 aromatic carbocycles. The van der Waals surface area contributed by atoms with E-state index >= 15 is 0 Å². The number of hydrogen-bond acceptors (Lipinski definition) is 3. The van der Waals surface area contributed by atoms with Crippen LogP contribution in [0.5, 0.6) is 5.75 Å². The van der Waals surface area contributed by atoms with Crippen molar-refractivity contribution in [2.75, 3.05) is 20.8 Å². The Bertz CT molecular complexity index is 380. The van der Waals surface area contributed by atoms with Crippen molar-refractivity contribution in [3.8, 4) is 5.75 Å². The van der Waals surface area contributed by atoms with Gasteiger partial charge in [0.05, 0.1) is 19.8 Å². The van der Waals surface area contributed by atoms with E-state index in [1.54, 1.807) is 14.2 Å². The smallest absolute Gasteiger partial charge is 0.124 e. The Kier molecular flexibility index (Phi) is 4.59. The molecule has 0 aliphatic rings. The molecule has 3 nitrogen and oxygen atoms in total. The minimum atomic E-state index is -0.224. The van der Waals surface area contributed by atoms with Gasteiger partial charge in [0, 0.05) is 17.7 Å². The molecule has 0 radical (unpaired) electrons. The second-order valence-electron chi connectivity index (χ2n) is 3.81. The van der Waals surface area contributed by atoms with E-state index in [2.05, 4.69) is 0 Å². The van der Waals surface area contributed by atoms with E-state index in [4.69, 9.17) is 26.8 Å². The van der Waals surface area contributed by atoms with Crippen molar-refractivity contribution in [3.63, 3.8) is 0 Å². The van der Waals surface area contributed by atoms with Crippen LogP contribution >= 0.6 is 11.6 Å². The van der Waals surface area contributed by atoms with Gasteiger partial charge in [0.25, 0.3) is 0 Å². The van der Waals surface area contributed by atoms with Crippen LogP contribution in [-0.2, 0) is 4.74 Å². The molecule has 0 spiro atoms. The second kappa shape index (κ2) is 5.53. The molecule has 0 amide bonds. The number of aryl methyl sites for hydroxylation is 1. The lowest BCUT2D eigenvalue weighted by atomic mass is 9.98. The molecule has 0 aliphatic carbocycles. The van der Waals surface area contributed by atoms with E-state index in [0.29, 0.717) is 6.61 Å². The molecule has 16 heavy (non-hydrogen) atoms. The quantitative estimate of drug-likeness (QED) is 0.884. The first-order valence-corrected chi connectivity index (χ1v) is 5.48. The lowest BCUT2D eigenvalue weighted by molar-refractivity contribution is 0.179. The highest BCUT2D eigenvalue weighted by molar-refractivity contribution is 6.32. The van der Waals surface area contributed by atoms with Gasteiger partial charge in [-0.1, -0.05) is 11.6 Å². The van der Waals surface area contributed by atoms with Crippen LogP contribution in [-0.4, -0.2) is 20.8 Å². The normalized spacial score (nSPS) is 12.6. The van der Waals surface area contributed by atoms with Gasteiger partial charge >= 0.3 is 0 Å². The number of rotatable bonds is 4. The Hall–Kier alpha value is -0.770. The monoisotopic (exact) mass is 243 g/mol. The number of methoxy groups -OCH3 is 2. The summed E-state index contributed by atoms with van der Waals surface area (Å²) in [5, 5.41) is 0.738. The minimum absolute atomic E-state index is 0.224. The first-order valence-electron chi connectivity index (χ1n) is 5.11. The Morgan fingerprint density at radius 2 is 2.00 bits per heavy atom. The zero-order chi connectivity index (χ0) is 12.3. The lowest BCUT2D eigenvalue weighted by Gasteiger charge is -2.19. The Balaban J connectivity index is 3.29. The minimum Gasteiger partial charge on any atom is -0.496 e. The predicted octanol–water partition coefficient (Wildman–Crippen LogP) is 2.61. The Labute approximate surface area is 101 Å². The summed E-state index contributed by atoms with van der Waals surface area (Å²) in [6.45, 7) is 4.34. The van der Waals surface area contributed by atoms with Crippen molar-refractivity contribution in [2.45, 2.75) is 19.9 Å². The summed E-state index contributed by atoms with van der Waals surface area (Å²) >= 11 is 6.20. The summed E-state index contributed by atoms with van der Waals surface area (Å²) in [5.41, 5.74) is 8.91. The van der Waals surface area contributed by atoms with Gasteiger partial charge in [-0.05, 0) is 31.0 Å². The number of nitrogens with two attached hydrogens (primary N) is 1. The van der Waals surface area contributed by atoms with Crippen molar-refractivity contribution in [1.82, 2.24) is 0 Å². The number of ether oxygens (including phenoxy) is 2. The van der Waals surface area contributed by atoms with Gasteiger partial charge in [0.15, 0.2) is 0 Å². The third-order valence-corrected chi connectivity index (χ3v) is 3.21. The molecule has 0 fully saturated rings. The fourth-order valence-electron chi connectivity index (χ4n) is 1.83. The molecular weight excluding hydrogens is 226 g/mol. The van der Waals surface area contributed by atoms with Gasteiger partial charge in [-0.3, -0.25) is 0 Å². The molecule has 4 heteroatoms. The topological polar surface area (TPSA) is 44.5 Å². The van der Waals surface area contributed by atoms with Crippen LogP contribution in [0.1, 0.15) is 22.7 Å². The van der Waals surface area contributed by atoms with E-state index in [1.807, 2.05) is 19.9 Å². The number of benzene rings is 1. The van der Waals surface area contributed by atoms with E-state index in [-0.39, 0.29) is 6.04 Å². The summed E-state index contributed by atoms with van der Waals surface area (Å²) in [7, 11) is 3.25. The first kappa shape index (κ1) is 13.3. The molecular formula is C12H18ClNO2. The molecule has 0 bridgehead atoms. The van der Waals surface area contributed by atoms with Gasteiger partial charge in [-0.15, -0.1) is 0 Å². The number of halogens is 1. The maximum Gasteiger partial charge on any atom is 0.124 e. The molecule has 1 aromatic rings. The fourth-order valence-corrected chi connectivity index (χ4v) is 1.99. The molecule has 0 aliphatic heterocycles. The number of hydrogen-bond donors (Lipinski definition) is 1. The molecule has 1 atom stereocenters. The van der Waals surface area contributed by atoms with E-state index < -0.39 is 0 Å². The zero-order valence-corrected chi connectivity index (χ0v) is 10.9. The van der Waals surface area contributed by atoms with E-state index in [9.17, 15) is 0 Å². The maximum absolute atomic E-state index is 6.20. The SMILES string of the molecule is COCC(N)c1c(OC)cc(C)c(Cl)c1C. The third-order valence-electron chi connectivity index (χ3n) is 2.63. The molecule has 0 heterocycles. The predicted molar refractivity (Wildman–Crippen MR) is 66.3 cm³/mol. The molecule has 90 valence electrons. The van der Waals surface area contributed by atoms with Crippen LogP contribution in [0.2, 0.25) is 5.02 Å². The zero-order valence-electron chi connectivity index (χ0n) is 10.1. The van der Waals surface area contributed by atoms with Crippen LogP contribution in [0.25, 0.3) is 0 Å². The lowest BCUT2D eigenvalue weighted by Crippen LogP contribution is -2.18. The summed E-state index contributed by atoms with van der Waals surface area (Å²) in [5.74, 6) is 0.768. The van der Waals surface area contributed by atoms with Gasteiger partial charge in [-0.25, -0.2) is 0 Å². The molecule has 2 N–H and O–H groups in total. The van der Waals surface area contributed by atoms with E-state index in [0.717, 1.165) is 27.5 Å². The fraction of sp³-hybridized carbons (Fsp3) is 0.500. The summed E-state index contributed by atoms with van der Waals surface area (Å²) in [4.78, 5) is 0. The van der Waals surface area contributed by atoms with Crippen molar-refractivity contribution in [2.24, 2.45) is 5.73 Å². The van der Waals surface area contributed by atoms with Crippen molar-refractivity contribution < 1.29 is 9.47 Å². The summed E-state index contributed by atoms with van der Waals surface area (Å²) < 4.78 is 10.4. The summed E-state index contributed by atoms with van der Waals surface area (Å²) in [6, 6.07) is 1.68. The largest absolute Gasteiger partial charge is 0.496 e. The van der Waals surface area contributed by atoms with Gasteiger partial charge in [-0.2, -0.15) is 0 Å². The molecule has 1 rings (SSSR count). The highest BCUT2D eigenvalue weighted by Crippen LogP contribution is 2.34. The molecule has 0 saturated carbocycles. The third kappa shape index (κ3) is 2.48. The van der Waals surface area contributed by atoms with Crippen molar-refractivity contribution >= 4 is 11.6 Å².